The average molecular weight is 239 g/mol. The topological polar surface area (TPSA) is 35.2 Å². The van der Waals surface area contributed by atoms with Crippen LogP contribution in [0.3, 0.4) is 0 Å². The van der Waals surface area contributed by atoms with Crippen LogP contribution in [0.15, 0.2) is 23.1 Å². The second-order valence-electron chi connectivity index (χ2n) is 3.83. The van der Waals surface area contributed by atoms with Crippen molar-refractivity contribution >= 4 is 11.8 Å². The van der Waals surface area contributed by atoms with E-state index in [0.29, 0.717) is 0 Å². The molecule has 16 heavy (non-hydrogen) atoms. The van der Waals surface area contributed by atoms with Gasteiger partial charge in [0.2, 0.25) is 0 Å². The van der Waals surface area contributed by atoms with Gasteiger partial charge in [-0.15, -0.1) is 11.8 Å². The molecule has 0 saturated carbocycles. The summed E-state index contributed by atoms with van der Waals surface area (Å²) >= 11 is 1.90. The Morgan fingerprint density at radius 1 is 1.38 bits per heavy atom. The van der Waals surface area contributed by atoms with Gasteiger partial charge >= 0.3 is 0 Å². The summed E-state index contributed by atoms with van der Waals surface area (Å²) in [4.78, 5) is 1.37. The van der Waals surface area contributed by atoms with Gasteiger partial charge in [0.15, 0.2) is 0 Å². The first-order chi connectivity index (χ1) is 7.77. The number of aryl methyl sites for hydroxylation is 1. The van der Waals surface area contributed by atoms with Crippen LogP contribution in [0.5, 0.6) is 0 Å². The quantitative estimate of drug-likeness (QED) is 0.587. The first-order valence-corrected chi connectivity index (χ1v) is 6.68. The van der Waals surface area contributed by atoms with Crippen LogP contribution in [-0.2, 0) is 11.2 Å². The Balaban J connectivity index is 2.47. The third kappa shape index (κ3) is 4.56. The first kappa shape index (κ1) is 13.6. The first-order valence-electron chi connectivity index (χ1n) is 5.69. The van der Waals surface area contributed by atoms with Crippen molar-refractivity contribution in [2.24, 2.45) is 5.73 Å². The monoisotopic (exact) mass is 239 g/mol. The summed E-state index contributed by atoms with van der Waals surface area (Å²) in [7, 11) is 1.75. The summed E-state index contributed by atoms with van der Waals surface area (Å²) in [5.74, 6) is 1.12. The van der Waals surface area contributed by atoms with Gasteiger partial charge in [-0.1, -0.05) is 12.1 Å². The molecule has 0 radical (unpaired) electrons. The predicted molar refractivity (Wildman–Crippen MR) is 71.2 cm³/mol. The zero-order valence-electron chi connectivity index (χ0n) is 10.2. The fourth-order valence-corrected chi connectivity index (χ4v) is 2.51. The standard InChI is InChI=1S/C13H21NOS/c1-11-10-12(6-7-14)4-5-13(11)16-9-3-8-15-2/h4-5,10H,3,6-9,14H2,1-2H3. The molecule has 90 valence electrons. The van der Waals surface area contributed by atoms with Gasteiger partial charge in [0, 0.05) is 24.4 Å². The van der Waals surface area contributed by atoms with Gasteiger partial charge in [0.05, 0.1) is 0 Å². The molecule has 2 N–H and O–H groups in total. The highest BCUT2D eigenvalue weighted by Gasteiger charge is 2.00. The van der Waals surface area contributed by atoms with E-state index < -0.39 is 0 Å². The Bertz CT molecular complexity index is 315. The molecule has 0 aliphatic heterocycles. The molecule has 0 spiro atoms. The lowest BCUT2D eigenvalue weighted by Gasteiger charge is -2.07. The van der Waals surface area contributed by atoms with Gasteiger partial charge < -0.3 is 10.5 Å². The largest absolute Gasteiger partial charge is 0.385 e. The molecule has 1 rings (SSSR count). The number of ether oxygens (including phenoxy) is 1. The zero-order chi connectivity index (χ0) is 11.8. The van der Waals surface area contributed by atoms with Gasteiger partial charge in [-0.2, -0.15) is 0 Å². The average Bonchev–Trinajstić information content (AvgIpc) is 2.27. The maximum absolute atomic E-state index is 5.54. The highest BCUT2D eigenvalue weighted by atomic mass is 32.2. The number of hydrogen-bond acceptors (Lipinski definition) is 3. The van der Waals surface area contributed by atoms with Gasteiger partial charge in [0.1, 0.15) is 0 Å². The SMILES string of the molecule is COCCCSc1ccc(CCN)cc1C. The molecule has 2 nitrogen and oxygen atoms in total. The van der Waals surface area contributed by atoms with Gasteiger partial charge in [0.25, 0.3) is 0 Å². The number of methoxy groups -OCH3 is 1. The van der Waals surface area contributed by atoms with E-state index in [4.69, 9.17) is 10.5 Å². The minimum absolute atomic E-state index is 0.722. The van der Waals surface area contributed by atoms with Crippen molar-refractivity contribution in [3.63, 3.8) is 0 Å². The van der Waals surface area contributed by atoms with Crippen molar-refractivity contribution in [3.05, 3.63) is 29.3 Å². The van der Waals surface area contributed by atoms with Crippen LogP contribution in [-0.4, -0.2) is 26.0 Å². The highest BCUT2D eigenvalue weighted by Crippen LogP contribution is 2.23. The van der Waals surface area contributed by atoms with E-state index >= 15 is 0 Å². The van der Waals surface area contributed by atoms with Crippen molar-refractivity contribution in [2.75, 3.05) is 26.0 Å². The predicted octanol–water partition coefficient (Wildman–Crippen LogP) is 2.62. The summed E-state index contributed by atoms with van der Waals surface area (Å²) < 4.78 is 5.03. The van der Waals surface area contributed by atoms with Crippen molar-refractivity contribution < 1.29 is 4.74 Å². The summed E-state index contributed by atoms with van der Waals surface area (Å²) in [6.07, 6.45) is 2.07. The molecule has 1 aromatic rings. The van der Waals surface area contributed by atoms with Crippen LogP contribution in [0.25, 0.3) is 0 Å². The van der Waals surface area contributed by atoms with Crippen molar-refractivity contribution in [1.82, 2.24) is 0 Å². The van der Waals surface area contributed by atoms with E-state index in [1.54, 1.807) is 7.11 Å². The van der Waals surface area contributed by atoms with Crippen molar-refractivity contribution in [3.8, 4) is 0 Å². The highest BCUT2D eigenvalue weighted by molar-refractivity contribution is 7.99. The number of hydrogen-bond donors (Lipinski definition) is 1. The lowest BCUT2D eigenvalue weighted by molar-refractivity contribution is 0.200. The van der Waals surface area contributed by atoms with Crippen molar-refractivity contribution in [2.45, 2.75) is 24.7 Å². The van der Waals surface area contributed by atoms with E-state index in [-0.39, 0.29) is 0 Å². The molecule has 0 aliphatic carbocycles. The summed E-state index contributed by atoms with van der Waals surface area (Å²) in [5.41, 5.74) is 8.23. The molecule has 0 amide bonds. The normalized spacial score (nSPS) is 10.7. The summed E-state index contributed by atoms with van der Waals surface area (Å²) in [6.45, 7) is 3.73. The van der Waals surface area contributed by atoms with Gasteiger partial charge in [-0.05, 0) is 43.5 Å². The van der Waals surface area contributed by atoms with Crippen LogP contribution in [0.1, 0.15) is 17.5 Å². The van der Waals surface area contributed by atoms with Crippen LogP contribution < -0.4 is 5.73 Å². The van der Waals surface area contributed by atoms with Crippen LogP contribution in [0.4, 0.5) is 0 Å². The zero-order valence-corrected chi connectivity index (χ0v) is 11.0. The number of benzene rings is 1. The minimum atomic E-state index is 0.722. The Hall–Kier alpha value is -0.510. The van der Waals surface area contributed by atoms with E-state index in [1.165, 1.54) is 16.0 Å². The summed E-state index contributed by atoms with van der Waals surface area (Å²) in [6, 6.07) is 6.63. The Morgan fingerprint density at radius 2 is 2.19 bits per heavy atom. The van der Waals surface area contributed by atoms with E-state index in [0.717, 1.165) is 31.7 Å². The maximum atomic E-state index is 5.54. The third-order valence-corrected chi connectivity index (χ3v) is 3.68. The fourth-order valence-electron chi connectivity index (χ4n) is 1.58. The van der Waals surface area contributed by atoms with E-state index in [9.17, 15) is 0 Å². The van der Waals surface area contributed by atoms with Gasteiger partial charge in [-0.3, -0.25) is 0 Å². The van der Waals surface area contributed by atoms with Gasteiger partial charge in [-0.25, -0.2) is 0 Å². The molecule has 0 aliphatic rings. The fraction of sp³-hybridized carbons (Fsp3) is 0.538. The van der Waals surface area contributed by atoms with Crippen LogP contribution in [0, 0.1) is 6.92 Å². The molecule has 0 aromatic heterocycles. The smallest absolute Gasteiger partial charge is 0.0470 e. The third-order valence-electron chi connectivity index (χ3n) is 2.42. The Labute approximate surface area is 103 Å². The minimum Gasteiger partial charge on any atom is -0.385 e. The molecule has 1 aromatic carbocycles. The number of rotatable bonds is 7. The Morgan fingerprint density at radius 3 is 2.81 bits per heavy atom. The second kappa shape index (κ2) is 7.71. The summed E-state index contributed by atoms with van der Waals surface area (Å²) in [5, 5.41) is 0. The van der Waals surface area contributed by atoms with Crippen LogP contribution >= 0.6 is 11.8 Å². The molecular weight excluding hydrogens is 218 g/mol. The second-order valence-corrected chi connectivity index (χ2v) is 4.97. The molecule has 0 saturated heterocycles. The molecular formula is C13H21NOS. The Kier molecular flexibility index (Phi) is 6.53. The molecule has 0 unspecified atom stereocenters. The molecule has 0 heterocycles. The molecule has 0 fully saturated rings. The number of thioether (sulfide) groups is 1. The molecule has 0 bridgehead atoms. The lowest BCUT2D eigenvalue weighted by atomic mass is 10.1. The lowest BCUT2D eigenvalue weighted by Crippen LogP contribution is -2.02. The van der Waals surface area contributed by atoms with E-state index in [1.807, 2.05) is 11.8 Å². The number of nitrogens with two attached hydrogens (primary N) is 1. The van der Waals surface area contributed by atoms with E-state index in [2.05, 4.69) is 25.1 Å². The molecule has 0 atom stereocenters. The van der Waals surface area contributed by atoms with Crippen LogP contribution in [0.2, 0.25) is 0 Å². The molecule has 3 heteroatoms. The van der Waals surface area contributed by atoms with Crippen molar-refractivity contribution in [1.29, 1.82) is 0 Å². The maximum Gasteiger partial charge on any atom is 0.0470 e.